The normalized spacial score (nSPS) is 11.2. The molecule has 0 aliphatic carbocycles. The minimum absolute atomic E-state index is 0.145. The van der Waals surface area contributed by atoms with Crippen LogP contribution in [0.5, 0.6) is 0 Å². The number of nitrogens with zero attached hydrogens (tertiary/aromatic N) is 2. The van der Waals surface area contributed by atoms with Crippen LogP contribution in [0.1, 0.15) is 5.69 Å². The molecule has 1 N–H and O–H groups in total. The Balaban J connectivity index is 1.80. The molecule has 0 aliphatic rings. The van der Waals surface area contributed by atoms with Gasteiger partial charge < -0.3 is 4.74 Å². The lowest BCUT2D eigenvalue weighted by Crippen LogP contribution is -2.15. The molecule has 3 aromatic heterocycles. The van der Waals surface area contributed by atoms with Crippen molar-refractivity contribution in [1.82, 2.24) is 14.6 Å². The molecule has 0 radical (unpaired) electrons. The van der Waals surface area contributed by atoms with E-state index in [0.29, 0.717) is 17.9 Å². The topological polar surface area (TPSA) is 59.4 Å². The Labute approximate surface area is 142 Å². The number of aromatic nitrogens is 3. The Kier molecular flexibility index (Phi) is 3.76. The summed E-state index contributed by atoms with van der Waals surface area (Å²) in [5, 5.41) is 5.04. The van der Waals surface area contributed by atoms with Crippen molar-refractivity contribution >= 4 is 17.0 Å². The maximum Gasteiger partial charge on any atom is 0.272 e. The van der Waals surface area contributed by atoms with Crippen LogP contribution in [0.4, 0.5) is 0 Å². The monoisotopic (exact) mass is 337 g/mol. The maximum atomic E-state index is 12.2. The fourth-order valence-electron chi connectivity index (χ4n) is 2.72. The van der Waals surface area contributed by atoms with Crippen LogP contribution in [-0.2, 0) is 11.3 Å². The van der Waals surface area contributed by atoms with Crippen LogP contribution in [0.25, 0.3) is 27.2 Å². The van der Waals surface area contributed by atoms with Gasteiger partial charge in [0.05, 0.1) is 12.3 Å². The molecular weight excluding hydrogens is 322 g/mol. The molecule has 4 aromatic rings. The summed E-state index contributed by atoms with van der Waals surface area (Å²) in [6.45, 7) is 0.313. The van der Waals surface area contributed by atoms with Gasteiger partial charge in [0.1, 0.15) is 0 Å². The predicted octanol–water partition coefficient (Wildman–Crippen LogP) is 3.56. The second-order valence-corrected chi connectivity index (χ2v) is 6.37. The third kappa shape index (κ3) is 2.55. The zero-order valence-electron chi connectivity index (χ0n) is 13.0. The second-order valence-electron chi connectivity index (χ2n) is 5.42. The van der Waals surface area contributed by atoms with Gasteiger partial charge in [0, 0.05) is 29.8 Å². The van der Waals surface area contributed by atoms with Gasteiger partial charge in [-0.2, -0.15) is 0 Å². The minimum atomic E-state index is -0.145. The SMILES string of the molecule is COCc1cc(=O)n2[nH]cc(-c3ccc(-c4cccs4)cc3)c2n1. The van der Waals surface area contributed by atoms with E-state index in [2.05, 4.69) is 33.7 Å². The molecular formula is C18H15N3O2S. The summed E-state index contributed by atoms with van der Waals surface area (Å²) in [5.74, 6) is 0. The molecule has 3 heterocycles. The number of rotatable bonds is 4. The summed E-state index contributed by atoms with van der Waals surface area (Å²) in [6, 6.07) is 13.9. The van der Waals surface area contributed by atoms with Crippen LogP contribution < -0.4 is 5.56 Å². The van der Waals surface area contributed by atoms with E-state index >= 15 is 0 Å². The van der Waals surface area contributed by atoms with Gasteiger partial charge in [-0.25, -0.2) is 9.50 Å². The van der Waals surface area contributed by atoms with E-state index in [4.69, 9.17) is 4.74 Å². The highest BCUT2D eigenvalue weighted by Crippen LogP contribution is 2.28. The van der Waals surface area contributed by atoms with Crippen LogP contribution in [0.3, 0.4) is 0 Å². The summed E-state index contributed by atoms with van der Waals surface area (Å²) in [6.07, 6.45) is 1.81. The molecule has 0 unspecified atom stereocenters. The van der Waals surface area contributed by atoms with Crippen molar-refractivity contribution in [3.05, 3.63) is 70.1 Å². The molecule has 5 nitrogen and oxygen atoms in total. The van der Waals surface area contributed by atoms with Crippen molar-refractivity contribution in [1.29, 1.82) is 0 Å². The summed E-state index contributed by atoms with van der Waals surface area (Å²) in [4.78, 5) is 17.9. The lowest BCUT2D eigenvalue weighted by molar-refractivity contribution is 0.181. The van der Waals surface area contributed by atoms with Crippen molar-refractivity contribution in [2.75, 3.05) is 7.11 Å². The number of hydrogen-bond acceptors (Lipinski definition) is 4. The lowest BCUT2D eigenvalue weighted by Gasteiger charge is -2.03. The zero-order valence-corrected chi connectivity index (χ0v) is 13.8. The number of hydrogen-bond donors (Lipinski definition) is 1. The van der Waals surface area contributed by atoms with Crippen LogP contribution in [0.15, 0.2) is 58.8 Å². The van der Waals surface area contributed by atoms with E-state index in [0.717, 1.165) is 11.1 Å². The Bertz CT molecular complexity index is 1030. The van der Waals surface area contributed by atoms with Gasteiger partial charge in [0.15, 0.2) is 5.65 Å². The Morgan fingerprint density at radius 2 is 2.00 bits per heavy atom. The van der Waals surface area contributed by atoms with E-state index < -0.39 is 0 Å². The molecule has 0 spiro atoms. The average Bonchev–Trinajstić information content (AvgIpc) is 3.25. The Hall–Kier alpha value is -2.70. The molecule has 1 aromatic carbocycles. The van der Waals surface area contributed by atoms with Gasteiger partial charge in [0.2, 0.25) is 0 Å². The molecule has 0 atom stereocenters. The second kappa shape index (κ2) is 6.07. The highest BCUT2D eigenvalue weighted by Gasteiger charge is 2.11. The molecule has 0 amide bonds. The van der Waals surface area contributed by atoms with Crippen LogP contribution in [-0.4, -0.2) is 21.7 Å². The molecule has 0 aliphatic heterocycles. The van der Waals surface area contributed by atoms with Gasteiger partial charge in [-0.1, -0.05) is 30.3 Å². The Morgan fingerprint density at radius 1 is 1.21 bits per heavy atom. The number of aromatic amines is 1. The number of H-pyrrole nitrogens is 1. The number of methoxy groups -OCH3 is 1. The smallest absolute Gasteiger partial charge is 0.272 e. The van der Waals surface area contributed by atoms with Crippen molar-refractivity contribution in [3.8, 4) is 21.6 Å². The summed E-state index contributed by atoms with van der Waals surface area (Å²) < 4.78 is 6.54. The zero-order chi connectivity index (χ0) is 16.5. The largest absolute Gasteiger partial charge is 0.378 e. The quantitative estimate of drug-likeness (QED) is 0.619. The first kappa shape index (κ1) is 14.9. The van der Waals surface area contributed by atoms with Crippen molar-refractivity contribution < 1.29 is 4.74 Å². The molecule has 120 valence electrons. The molecule has 0 fully saturated rings. The lowest BCUT2D eigenvalue weighted by atomic mass is 10.1. The van der Waals surface area contributed by atoms with Gasteiger partial charge in [0.25, 0.3) is 5.56 Å². The number of ether oxygens (including phenoxy) is 1. The molecule has 0 saturated carbocycles. The van der Waals surface area contributed by atoms with Crippen LogP contribution in [0, 0.1) is 0 Å². The Morgan fingerprint density at radius 3 is 2.71 bits per heavy atom. The highest BCUT2D eigenvalue weighted by atomic mass is 32.1. The van der Waals surface area contributed by atoms with Gasteiger partial charge in [-0.05, 0) is 22.6 Å². The van der Waals surface area contributed by atoms with E-state index in [9.17, 15) is 4.79 Å². The molecule has 4 rings (SSSR count). The maximum absolute atomic E-state index is 12.2. The summed E-state index contributed by atoms with van der Waals surface area (Å²) in [5.41, 5.74) is 4.17. The van der Waals surface area contributed by atoms with Crippen LogP contribution >= 0.6 is 11.3 Å². The van der Waals surface area contributed by atoms with Gasteiger partial charge in [-0.3, -0.25) is 9.89 Å². The first-order valence-corrected chi connectivity index (χ1v) is 8.37. The fraction of sp³-hybridized carbons (Fsp3) is 0.111. The van der Waals surface area contributed by atoms with Crippen molar-refractivity contribution in [2.24, 2.45) is 0 Å². The van der Waals surface area contributed by atoms with E-state index in [1.54, 1.807) is 24.6 Å². The number of thiophene rings is 1. The average molecular weight is 337 g/mol. The first-order chi connectivity index (χ1) is 11.8. The van der Waals surface area contributed by atoms with E-state index in [1.165, 1.54) is 21.0 Å². The molecule has 24 heavy (non-hydrogen) atoms. The van der Waals surface area contributed by atoms with Gasteiger partial charge >= 0.3 is 0 Å². The third-order valence-corrected chi connectivity index (χ3v) is 4.76. The molecule has 0 bridgehead atoms. The summed E-state index contributed by atoms with van der Waals surface area (Å²) in [7, 11) is 1.59. The number of nitrogens with one attached hydrogen (secondary N) is 1. The van der Waals surface area contributed by atoms with E-state index in [-0.39, 0.29) is 5.56 Å². The molecule has 0 saturated heterocycles. The standard InChI is InChI=1S/C18H15N3O2S/c1-23-11-14-9-17(22)21-18(20-14)15(10-19-21)12-4-6-13(7-5-12)16-3-2-8-24-16/h2-10,19H,11H2,1H3. The molecule has 6 heteroatoms. The highest BCUT2D eigenvalue weighted by molar-refractivity contribution is 7.13. The van der Waals surface area contributed by atoms with Gasteiger partial charge in [-0.15, -0.1) is 11.3 Å². The van der Waals surface area contributed by atoms with Crippen molar-refractivity contribution in [3.63, 3.8) is 0 Å². The fourth-order valence-corrected chi connectivity index (χ4v) is 3.45. The predicted molar refractivity (Wildman–Crippen MR) is 95.3 cm³/mol. The number of benzene rings is 1. The van der Waals surface area contributed by atoms with Crippen molar-refractivity contribution in [2.45, 2.75) is 6.61 Å². The van der Waals surface area contributed by atoms with E-state index in [1.807, 2.05) is 18.2 Å². The number of fused-ring (bicyclic) bond motifs is 1. The van der Waals surface area contributed by atoms with Crippen LogP contribution in [0.2, 0.25) is 0 Å². The summed E-state index contributed by atoms with van der Waals surface area (Å²) >= 11 is 1.71. The first-order valence-electron chi connectivity index (χ1n) is 7.49. The minimum Gasteiger partial charge on any atom is -0.378 e. The third-order valence-electron chi connectivity index (χ3n) is 3.84.